The quantitative estimate of drug-likeness (QED) is 0.390. The molecule has 1 amide bonds. The van der Waals surface area contributed by atoms with E-state index in [0.717, 1.165) is 50.8 Å². The Kier molecular flexibility index (Phi) is 10.3. The number of carbonyl (C=O) groups excluding carboxylic acids is 1. The van der Waals surface area contributed by atoms with Gasteiger partial charge in [0.15, 0.2) is 5.96 Å². The molecule has 0 spiro atoms. The number of hydrogen-bond donors (Lipinski definition) is 1. The Morgan fingerprint density at radius 2 is 1.88 bits per heavy atom. The fourth-order valence-corrected chi connectivity index (χ4v) is 3.01. The Labute approximate surface area is 179 Å². The zero-order valence-electron chi connectivity index (χ0n) is 15.9. The molecule has 1 aliphatic heterocycles. The smallest absolute Gasteiger partial charge is 0.227 e. The Morgan fingerprint density at radius 3 is 2.46 bits per heavy atom. The molecule has 0 aromatic heterocycles. The molecule has 5 nitrogen and oxygen atoms in total. The Balaban J connectivity index is 0.00000338. The number of rotatable bonds is 5. The molecule has 7 heteroatoms. The molecule has 1 N–H and O–H groups in total. The topological polar surface area (TPSA) is 47.9 Å². The van der Waals surface area contributed by atoms with Crippen LogP contribution in [0.2, 0.25) is 5.02 Å². The van der Waals surface area contributed by atoms with E-state index in [9.17, 15) is 4.79 Å². The summed E-state index contributed by atoms with van der Waals surface area (Å²) >= 11 is 6.00. The van der Waals surface area contributed by atoms with Gasteiger partial charge in [0.1, 0.15) is 0 Å². The fraction of sp³-hybridized carbons (Fsp3) is 0.579. The number of benzene rings is 1. The van der Waals surface area contributed by atoms with E-state index >= 15 is 0 Å². The number of piperazine rings is 1. The number of carbonyl (C=O) groups is 1. The first-order chi connectivity index (χ1) is 12.0. The van der Waals surface area contributed by atoms with Crippen molar-refractivity contribution in [3.8, 4) is 0 Å². The van der Waals surface area contributed by atoms with Crippen LogP contribution < -0.4 is 5.32 Å². The van der Waals surface area contributed by atoms with Gasteiger partial charge in [0.05, 0.1) is 6.42 Å². The maximum absolute atomic E-state index is 12.5. The minimum Gasteiger partial charge on any atom is -0.357 e. The summed E-state index contributed by atoms with van der Waals surface area (Å²) in [6, 6.07) is 7.52. The maximum atomic E-state index is 12.5. The first-order valence-corrected chi connectivity index (χ1v) is 9.43. The molecule has 0 aliphatic carbocycles. The Hall–Kier alpha value is -1.02. The van der Waals surface area contributed by atoms with Crippen molar-refractivity contribution in [2.24, 2.45) is 10.9 Å². The molecule has 0 unspecified atom stereocenters. The molecule has 1 aliphatic rings. The van der Waals surface area contributed by atoms with Gasteiger partial charge in [-0.25, -0.2) is 0 Å². The molecule has 0 radical (unpaired) electrons. The molecule has 1 aromatic rings. The standard InChI is InChI=1S/C19H29ClN4O.HI/c1-4-21-19(22-14-15(2)3)24-10-8-23(9-11-24)18(25)13-16-6-5-7-17(20)12-16;/h5-7,12,15H,4,8-11,13-14H2,1-3H3,(H,21,22);1H. The van der Waals surface area contributed by atoms with Gasteiger partial charge in [-0.2, -0.15) is 0 Å². The van der Waals surface area contributed by atoms with Gasteiger partial charge in [-0.3, -0.25) is 9.79 Å². The van der Waals surface area contributed by atoms with Crippen molar-refractivity contribution >= 4 is 47.4 Å². The van der Waals surface area contributed by atoms with E-state index in [1.54, 1.807) is 0 Å². The number of nitrogens with zero attached hydrogens (tertiary/aromatic N) is 3. The molecular formula is C19H30ClIN4O. The SMILES string of the molecule is CCNC(=NCC(C)C)N1CCN(C(=O)Cc2cccc(Cl)c2)CC1.I. The van der Waals surface area contributed by atoms with E-state index in [4.69, 9.17) is 16.6 Å². The maximum Gasteiger partial charge on any atom is 0.227 e. The van der Waals surface area contributed by atoms with E-state index in [1.165, 1.54) is 0 Å². The van der Waals surface area contributed by atoms with Crippen LogP contribution in [0.25, 0.3) is 0 Å². The third-order valence-electron chi connectivity index (χ3n) is 4.12. The van der Waals surface area contributed by atoms with E-state index < -0.39 is 0 Å². The average molecular weight is 493 g/mol. The molecule has 1 heterocycles. The number of guanidine groups is 1. The van der Waals surface area contributed by atoms with Crippen LogP contribution in [0.5, 0.6) is 0 Å². The van der Waals surface area contributed by atoms with Crippen molar-refractivity contribution in [2.75, 3.05) is 39.3 Å². The van der Waals surface area contributed by atoms with Crippen molar-refractivity contribution in [1.82, 2.24) is 15.1 Å². The molecule has 2 rings (SSSR count). The molecule has 26 heavy (non-hydrogen) atoms. The monoisotopic (exact) mass is 492 g/mol. The molecular weight excluding hydrogens is 463 g/mol. The van der Waals surface area contributed by atoms with Gasteiger partial charge < -0.3 is 15.1 Å². The number of amides is 1. The predicted molar refractivity (Wildman–Crippen MR) is 120 cm³/mol. The molecule has 1 aromatic carbocycles. The molecule has 0 bridgehead atoms. The van der Waals surface area contributed by atoms with Crippen LogP contribution in [0, 0.1) is 5.92 Å². The lowest BCUT2D eigenvalue weighted by molar-refractivity contribution is -0.131. The number of hydrogen-bond acceptors (Lipinski definition) is 2. The summed E-state index contributed by atoms with van der Waals surface area (Å²) in [5.74, 6) is 1.65. The average Bonchev–Trinajstić information content (AvgIpc) is 2.58. The first-order valence-electron chi connectivity index (χ1n) is 9.05. The van der Waals surface area contributed by atoms with Crippen LogP contribution in [0.15, 0.2) is 29.3 Å². The van der Waals surface area contributed by atoms with Crippen LogP contribution in [-0.2, 0) is 11.2 Å². The van der Waals surface area contributed by atoms with E-state index in [2.05, 4.69) is 31.0 Å². The Bertz CT molecular complexity index is 601. The summed E-state index contributed by atoms with van der Waals surface area (Å²) in [6.45, 7) is 11.2. The minimum absolute atomic E-state index is 0. The van der Waals surface area contributed by atoms with Crippen LogP contribution >= 0.6 is 35.6 Å². The molecule has 1 fully saturated rings. The van der Waals surface area contributed by atoms with E-state index in [-0.39, 0.29) is 29.9 Å². The fourth-order valence-electron chi connectivity index (χ4n) is 2.80. The lowest BCUT2D eigenvalue weighted by Gasteiger charge is -2.36. The zero-order chi connectivity index (χ0) is 18.2. The van der Waals surface area contributed by atoms with Crippen molar-refractivity contribution in [3.63, 3.8) is 0 Å². The molecule has 0 atom stereocenters. The van der Waals surface area contributed by atoms with Crippen LogP contribution in [-0.4, -0.2) is 60.9 Å². The van der Waals surface area contributed by atoms with Gasteiger partial charge in [0, 0.05) is 44.3 Å². The summed E-state index contributed by atoms with van der Waals surface area (Å²) < 4.78 is 0. The van der Waals surface area contributed by atoms with Gasteiger partial charge in [-0.1, -0.05) is 37.6 Å². The summed E-state index contributed by atoms with van der Waals surface area (Å²) in [7, 11) is 0. The molecule has 146 valence electrons. The van der Waals surface area contributed by atoms with Crippen LogP contribution in [0.3, 0.4) is 0 Å². The van der Waals surface area contributed by atoms with Crippen LogP contribution in [0.4, 0.5) is 0 Å². The summed E-state index contributed by atoms with van der Waals surface area (Å²) in [4.78, 5) is 21.4. The second-order valence-corrected chi connectivity index (χ2v) is 7.20. The van der Waals surface area contributed by atoms with Gasteiger partial charge in [0.25, 0.3) is 0 Å². The molecule has 0 saturated carbocycles. The van der Waals surface area contributed by atoms with Crippen molar-refractivity contribution in [3.05, 3.63) is 34.9 Å². The third-order valence-corrected chi connectivity index (χ3v) is 4.35. The van der Waals surface area contributed by atoms with Gasteiger partial charge in [0.2, 0.25) is 5.91 Å². The lowest BCUT2D eigenvalue weighted by Crippen LogP contribution is -2.54. The highest BCUT2D eigenvalue weighted by atomic mass is 127. The van der Waals surface area contributed by atoms with Gasteiger partial charge in [-0.05, 0) is 30.5 Å². The lowest BCUT2D eigenvalue weighted by atomic mass is 10.1. The van der Waals surface area contributed by atoms with Crippen molar-refractivity contribution in [1.29, 1.82) is 0 Å². The predicted octanol–water partition coefficient (Wildman–Crippen LogP) is 3.27. The number of aliphatic imine (C=N–C) groups is 1. The Morgan fingerprint density at radius 1 is 1.23 bits per heavy atom. The summed E-state index contributed by atoms with van der Waals surface area (Å²) in [6.07, 6.45) is 0.405. The molecule has 1 saturated heterocycles. The third kappa shape index (κ3) is 7.31. The summed E-state index contributed by atoms with van der Waals surface area (Å²) in [5.41, 5.74) is 0.965. The summed E-state index contributed by atoms with van der Waals surface area (Å²) in [5, 5.41) is 4.03. The normalized spacial score (nSPS) is 15.0. The minimum atomic E-state index is 0. The van der Waals surface area contributed by atoms with Gasteiger partial charge in [-0.15, -0.1) is 24.0 Å². The first kappa shape index (κ1) is 23.0. The van der Waals surface area contributed by atoms with Crippen molar-refractivity contribution in [2.45, 2.75) is 27.2 Å². The van der Waals surface area contributed by atoms with Crippen LogP contribution in [0.1, 0.15) is 26.3 Å². The van der Waals surface area contributed by atoms with E-state index in [1.807, 2.05) is 29.2 Å². The van der Waals surface area contributed by atoms with Gasteiger partial charge >= 0.3 is 0 Å². The highest BCUT2D eigenvalue weighted by molar-refractivity contribution is 14.0. The number of nitrogens with one attached hydrogen (secondary N) is 1. The number of halogens is 2. The van der Waals surface area contributed by atoms with E-state index in [0.29, 0.717) is 17.4 Å². The second kappa shape index (κ2) is 11.6. The zero-order valence-corrected chi connectivity index (χ0v) is 19.0. The largest absolute Gasteiger partial charge is 0.357 e. The highest BCUT2D eigenvalue weighted by Gasteiger charge is 2.23. The highest BCUT2D eigenvalue weighted by Crippen LogP contribution is 2.13. The second-order valence-electron chi connectivity index (χ2n) is 6.76. The van der Waals surface area contributed by atoms with Crippen molar-refractivity contribution < 1.29 is 4.79 Å².